The summed E-state index contributed by atoms with van der Waals surface area (Å²) in [5, 5.41) is 1.06. The number of rotatable bonds is 1. The molecule has 0 aliphatic carbocycles. The van der Waals surface area contributed by atoms with Crippen LogP contribution in [0.2, 0.25) is 0 Å². The summed E-state index contributed by atoms with van der Waals surface area (Å²) in [4.78, 5) is 12.7. The van der Waals surface area contributed by atoms with Crippen molar-refractivity contribution in [3.05, 3.63) is 29.5 Å². The first-order valence-electron chi connectivity index (χ1n) is 6.12. The van der Waals surface area contributed by atoms with Gasteiger partial charge in [0.05, 0.1) is 17.0 Å². The fraction of sp³-hybridized carbons (Fsp3) is 0.357. The number of aromatic nitrogens is 2. The van der Waals surface area contributed by atoms with Gasteiger partial charge in [-0.15, -0.1) is 0 Å². The standard InChI is InChI=1S/C12H14N4.C2H6/c1-7-4-5-11-10(6-7)8(2)14-12(16-11)15-9(3)13;1-2/h4-6H,1-3H3,(H2,13,14,15,16);1-2H3. The van der Waals surface area contributed by atoms with E-state index in [-0.39, 0.29) is 0 Å². The molecule has 0 atom stereocenters. The van der Waals surface area contributed by atoms with Crippen molar-refractivity contribution < 1.29 is 0 Å². The van der Waals surface area contributed by atoms with Gasteiger partial charge in [-0.3, -0.25) is 0 Å². The average molecular weight is 244 g/mol. The Morgan fingerprint density at radius 2 is 1.83 bits per heavy atom. The van der Waals surface area contributed by atoms with Gasteiger partial charge in [0.25, 0.3) is 5.95 Å². The molecule has 0 unspecified atom stereocenters. The lowest BCUT2D eigenvalue weighted by Gasteiger charge is -2.03. The van der Waals surface area contributed by atoms with Gasteiger partial charge in [-0.1, -0.05) is 25.5 Å². The highest BCUT2D eigenvalue weighted by molar-refractivity contribution is 5.84. The second kappa shape index (κ2) is 6.10. The van der Waals surface area contributed by atoms with Crippen molar-refractivity contribution >= 4 is 22.7 Å². The molecule has 96 valence electrons. The van der Waals surface area contributed by atoms with Crippen LogP contribution in [-0.2, 0) is 0 Å². The molecule has 18 heavy (non-hydrogen) atoms. The Hall–Kier alpha value is -1.97. The van der Waals surface area contributed by atoms with Crippen LogP contribution in [0.15, 0.2) is 23.2 Å². The van der Waals surface area contributed by atoms with Gasteiger partial charge < -0.3 is 5.73 Å². The number of nitrogens with zero attached hydrogens (tertiary/aromatic N) is 3. The van der Waals surface area contributed by atoms with Crippen LogP contribution in [-0.4, -0.2) is 15.8 Å². The number of benzene rings is 1. The molecule has 0 spiro atoms. The molecular formula is C14H20N4. The van der Waals surface area contributed by atoms with E-state index in [0.29, 0.717) is 11.8 Å². The molecule has 1 aromatic heterocycles. The first kappa shape index (κ1) is 14.1. The largest absolute Gasteiger partial charge is 0.387 e. The molecule has 0 radical (unpaired) electrons. The Morgan fingerprint density at radius 3 is 2.44 bits per heavy atom. The Kier molecular flexibility index (Phi) is 4.77. The molecule has 0 aliphatic rings. The maximum Gasteiger partial charge on any atom is 0.251 e. The Labute approximate surface area is 108 Å². The van der Waals surface area contributed by atoms with Crippen LogP contribution >= 0.6 is 0 Å². The maximum atomic E-state index is 5.51. The second-order valence-corrected chi connectivity index (χ2v) is 3.88. The summed E-state index contributed by atoms with van der Waals surface area (Å²) < 4.78 is 0. The summed E-state index contributed by atoms with van der Waals surface area (Å²) >= 11 is 0. The monoisotopic (exact) mass is 244 g/mol. The molecule has 0 fully saturated rings. The molecule has 0 amide bonds. The van der Waals surface area contributed by atoms with E-state index in [1.54, 1.807) is 6.92 Å². The molecule has 0 saturated carbocycles. The van der Waals surface area contributed by atoms with Gasteiger partial charge in [-0.2, -0.15) is 4.99 Å². The van der Waals surface area contributed by atoms with Gasteiger partial charge >= 0.3 is 0 Å². The van der Waals surface area contributed by atoms with E-state index in [2.05, 4.69) is 28.0 Å². The van der Waals surface area contributed by atoms with Crippen LogP contribution in [0.25, 0.3) is 10.9 Å². The number of fused-ring (bicyclic) bond motifs is 1. The van der Waals surface area contributed by atoms with E-state index >= 15 is 0 Å². The lowest BCUT2D eigenvalue weighted by molar-refractivity contribution is 1.12. The first-order chi connectivity index (χ1) is 8.56. The van der Waals surface area contributed by atoms with Crippen molar-refractivity contribution in [2.45, 2.75) is 34.6 Å². The number of amidine groups is 1. The van der Waals surface area contributed by atoms with Gasteiger partial charge in [0, 0.05) is 5.39 Å². The minimum atomic E-state index is 0.425. The molecule has 2 aromatic rings. The van der Waals surface area contributed by atoms with E-state index < -0.39 is 0 Å². The number of hydrogen-bond acceptors (Lipinski definition) is 3. The van der Waals surface area contributed by atoms with Crippen LogP contribution < -0.4 is 5.73 Å². The topological polar surface area (TPSA) is 64.2 Å². The Balaban J connectivity index is 0.000000771. The van der Waals surface area contributed by atoms with Gasteiger partial charge in [0.1, 0.15) is 0 Å². The van der Waals surface area contributed by atoms with Crippen LogP contribution in [0, 0.1) is 13.8 Å². The molecule has 0 aliphatic heterocycles. The van der Waals surface area contributed by atoms with E-state index in [0.717, 1.165) is 16.6 Å². The number of hydrogen-bond donors (Lipinski definition) is 1. The third-order valence-electron chi connectivity index (χ3n) is 2.31. The van der Waals surface area contributed by atoms with Crippen molar-refractivity contribution in [2.24, 2.45) is 10.7 Å². The van der Waals surface area contributed by atoms with Crippen LogP contribution in [0.3, 0.4) is 0 Å². The molecule has 2 rings (SSSR count). The van der Waals surface area contributed by atoms with Gasteiger partial charge in [-0.05, 0) is 32.9 Å². The minimum Gasteiger partial charge on any atom is -0.387 e. The zero-order valence-electron chi connectivity index (χ0n) is 11.7. The van der Waals surface area contributed by atoms with E-state index in [9.17, 15) is 0 Å². The number of aliphatic imine (C=N–C) groups is 1. The number of nitrogens with two attached hydrogens (primary N) is 1. The zero-order chi connectivity index (χ0) is 13.7. The SMILES string of the molecule is C/C(N)=N/c1nc(C)c2cc(C)ccc2n1.CC. The minimum absolute atomic E-state index is 0.425. The lowest BCUT2D eigenvalue weighted by atomic mass is 10.1. The molecular weight excluding hydrogens is 224 g/mol. The lowest BCUT2D eigenvalue weighted by Crippen LogP contribution is -2.05. The van der Waals surface area contributed by atoms with E-state index in [1.807, 2.05) is 32.9 Å². The Bertz CT molecular complexity index is 569. The highest BCUT2D eigenvalue weighted by atomic mass is 15.1. The predicted molar refractivity (Wildman–Crippen MR) is 77.3 cm³/mol. The third-order valence-corrected chi connectivity index (χ3v) is 2.31. The molecule has 0 bridgehead atoms. The second-order valence-electron chi connectivity index (χ2n) is 3.88. The van der Waals surface area contributed by atoms with E-state index in [1.165, 1.54) is 5.56 Å². The van der Waals surface area contributed by atoms with Crippen LogP contribution in [0.5, 0.6) is 0 Å². The Morgan fingerprint density at radius 1 is 1.17 bits per heavy atom. The molecule has 4 nitrogen and oxygen atoms in total. The zero-order valence-corrected chi connectivity index (χ0v) is 11.7. The van der Waals surface area contributed by atoms with Crippen LogP contribution in [0.1, 0.15) is 32.0 Å². The van der Waals surface area contributed by atoms with Gasteiger partial charge in [0.2, 0.25) is 0 Å². The van der Waals surface area contributed by atoms with Crippen molar-refractivity contribution in [3.63, 3.8) is 0 Å². The normalized spacial score (nSPS) is 11.1. The first-order valence-corrected chi connectivity index (χ1v) is 6.12. The number of aryl methyl sites for hydroxylation is 2. The molecule has 2 N–H and O–H groups in total. The molecule has 1 aromatic carbocycles. The fourth-order valence-corrected chi connectivity index (χ4v) is 1.59. The maximum absolute atomic E-state index is 5.51. The summed E-state index contributed by atoms with van der Waals surface area (Å²) in [5.41, 5.74) is 8.54. The van der Waals surface area contributed by atoms with Crippen molar-refractivity contribution in [2.75, 3.05) is 0 Å². The van der Waals surface area contributed by atoms with E-state index in [4.69, 9.17) is 5.73 Å². The van der Waals surface area contributed by atoms with Crippen molar-refractivity contribution in [1.82, 2.24) is 9.97 Å². The summed E-state index contributed by atoms with van der Waals surface area (Å²) in [6.07, 6.45) is 0. The summed E-state index contributed by atoms with van der Waals surface area (Å²) in [7, 11) is 0. The third kappa shape index (κ3) is 3.26. The van der Waals surface area contributed by atoms with Gasteiger partial charge in [-0.25, -0.2) is 9.97 Å². The highest BCUT2D eigenvalue weighted by Gasteiger charge is 2.03. The molecule has 1 heterocycles. The van der Waals surface area contributed by atoms with Crippen molar-refractivity contribution in [3.8, 4) is 0 Å². The highest BCUT2D eigenvalue weighted by Crippen LogP contribution is 2.19. The molecule has 4 heteroatoms. The van der Waals surface area contributed by atoms with Crippen molar-refractivity contribution in [1.29, 1.82) is 0 Å². The smallest absolute Gasteiger partial charge is 0.251 e. The summed E-state index contributed by atoms with van der Waals surface area (Å²) in [6, 6.07) is 6.08. The predicted octanol–water partition coefficient (Wildman–Crippen LogP) is 3.28. The molecule has 0 saturated heterocycles. The fourth-order valence-electron chi connectivity index (χ4n) is 1.59. The summed E-state index contributed by atoms with van der Waals surface area (Å²) in [5.74, 6) is 0.889. The van der Waals surface area contributed by atoms with Gasteiger partial charge in [0.15, 0.2) is 0 Å². The quantitative estimate of drug-likeness (QED) is 0.618. The van der Waals surface area contributed by atoms with Crippen LogP contribution in [0.4, 0.5) is 5.95 Å². The average Bonchev–Trinajstić information content (AvgIpc) is 2.32. The summed E-state index contributed by atoms with van der Waals surface area (Å²) in [6.45, 7) is 9.72.